The molecule has 1 aromatic heterocycles. The quantitative estimate of drug-likeness (QED) is 0.478. The van der Waals surface area contributed by atoms with Crippen molar-refractivity contribution in [3.8, 4) is 0 Å². The average molecular weight is 250 g/mol. The monoisotopic (exact) mass is 250 g/mol. The number of carbonyl (C=O) groups excluding carboxylic acids is 1. The summed E-state index contributed by atoms with van der Waals surface area (Å²) in [7, 11) is 2.04. The number of hydrazine groups is 1. The van der Waals surface area contributed by atoms with Crippen molar-refractivity contribution in [3.63, 3.8) is 0 Å². The van der Waals surface area contributed by atoms with Crippen LogP contribution in [0.3, 0.4) is 0 Å². The molecule has 0 saturated carbocycles. The molecule has 0 aromatic carbocycles. The lowest BCUT2D eigenvalue weighted by Crippen LogP contribution is -2.31. The summed E-state index contributed by atoms with van der Waals surface area (Å²) < 4.78 is 0. The lowest BCUT2D eigenvalue weighted by Gasteiger charge is -2.26. The molecule has 1 rings (SSSR count). The van der Waals surface area contributed by atoms with E-state index in [9.17, 15) is 4.79 Å². The number of nitrogens with two attached hydrogens (primary N) is 1. The molecule has 100 valence electrons. The minimum atomic E-state index is -0.365. The molecule has 5 heteroatoms. The van der Waals surface area contributed by atoms with Gasteiger partial charge in [0.25, 0.3) is 5.91 Å². The van der Waals surface area contributed by atoms with E-state index in [2.05, 4.69) is 36.1 Å². The van der Waals surface area contributed by atoms with Crippen molar-refractivity contribution in [2.45, 2.75) is 27.3 Å². The fraction of sp³-hybridized carbons (Fsp3) is 0.538. The second-order valence-corrected chi connectivity index (χ2v) is 5.72. The van der Waals surface area contributed by atoms with Crippen LogP contribution in [-0.4, -0.2) is 29.4 Å². The smallest absolute Gasteiger partial charge is 0.283 e. The second kappa shape index (κ2) is 5.93. The number of hydrogen-bond acceptors (Lipinski definition) is 4. The first-order chi connectivity index (χ1) is 8.31. The Morgan fingerprint density at radius 2 is 2.11 bits per heavy atom. The zero-order valence-corrected chi connectivity index (χ0v) is 11.5. The second-order valence-electron chi connectivity index (χ2n) is 5.72. The number of nitrogens with one attached hydrogen (secondary N) is 1. The zero-order valence-electron chi connectivity index (χ0n) is 11.5. The van der Waals surface area contributed by atoms with Gasteiger partial charge in [-0.3, -0.25) is 10.2 Å². The minimum Gasteiger partial charge on any atom is -0.300 e. The van der Waals surface area contributed by atoms with Gasteiger partial charge >= 0.3 is 0 Å². The van der Waals surface area contributed by atoms with Crippen molar-refractivity contribution < 1.29 is 4.79 Å². The van der Waals surface area contributed by atoms with E-state index < -0.39 is 0 Å². The summed E-state index contributed by atoms with van der Waals surface area (Å²) in [5.41, 5.74) is 3.53. The van der Waals surface area contributed by atoms with Crippen molar-refractivity contribution in [1.29, 1.82) is 0 Å². The van der Waals surface area contributed by atoms with E-state index in [1.54, 1.807) is 6.07 Å². The molecule has 0 aliphatic rings. The number of amides is 1. The lowest BCUT2D eigenvalue weighted by atomic mass is 9.96. The molecule has 0 unspecified atom stereocenters. The van der Waals surface area contributed by atoms with E-state index >= 15 is 0 Å². The van der Waals surface area contributed by atoms with Crippen LogP contribution in [0, 0.1) is 5.41 Å². The summed E-state index contributed by atoms with van der Waals surface area (Å²) in [5, 5.41) is 0. The highest BCUT2D eigenvalue weighted by Crippen LogP contribution is 2.15. The molecule has 0 aliphatic carbocycles. The Hall–Kier alpha value is -1.46. The Labute approximate surface area is 108 Å². The number of rotatable bonds is 4. The van der Waals surface area contributed by atoms with Gasteiger partial charge in [-0.15, -0.1) is 0 Å². The van der Waals surface area contributed by atoms with Gasteiger partial charge in [-0.25, -0.2) is 10.8 Å². The maximum absolute atomic E-state index is 11.4. The summed E-state index contributed by atoms with van der Waals surface area (Å²) in [6.45, 7) is 8.24. The molecular formula is C13H22N4O. The first-order valence-corrected chi connectivity index (χ1v) is 5.97. The van der Waals surface area contributed by atoms with Crippen LogP contribution in [0.5, 0.6) is 0 Å². The third kappa shape index (κ3) is 4.81. The largest absolute Gasteiger partial charge is 0.300 e. The van der Waals surface area contributed by atoms with Crippen LogP contribution in [0.15, 0.2) is 18.2 Å². The van der Waals surface area contributed by atoms with Gasteiger partial charge in [0.05, 0.1) is 5.69 Å². The van der Waals surface area contributed by atoms with Gasteiger partial charge in [0.2, 0.25) is 0 Å². The molecule has 0 radical (unpaired) electrons. The van der Waals surface area contributed by atoms with E-state index in [-0.39, 0.29) is 11.3 Å². The number of hydrogen-bond donors (Lipinski definition) is 2. The number of pyridine rings is 1. The van der Waals surface area contributed by atoms with Crippen LogP contribution in [0.1, 0.15) is 37.0 Å². The zero-order chi connectivity index (χ0) is 13.8. The van der Waals surface area contributed by atoms with E-state index in [0.29, 0.717) is 12.2 Å². The number of nitrogen functional groups attached to an aromatic ring is 1. The Morgan fingerprint density at radius 1 is 1.44 bits per heavy atom. The first-order valence-electron chi connectivity index (χ1n) is 5.97. The molecule has 0 fully saturated rings. The fourth-order valence-corrected chi connectivity index (χ4v) is 1.91. The standard InChI is InChI=1S/C13H22N4O/c1-13(2,3)9-17(4)8-10-6-5-7-11(15-10)12(18)16-14/h5-7H,8-9,14H2,1-4H3,(H,16,18). The molecule has 0 spiro atoms. The Bertz CT molecular complexity index is 412. The van der Waals surface area contributed by atoms with Gasteiger partial charge < -0.3 is 4.90 Å². The first kappa shape index (κ1) is 14.6. The summed E-state index contributed by atoms with van der Waals surface area (Å²) in [5.74, 6) is 4.72. The number of nitrogens with zero attached hydrogens (tertiary/aromatic N) is 2. The SMILES string of the molecule is CN(Cc1cccc(C(=O)NN)n1)CC(C)(C)C. The Balaban J connectivity index is 2.70. The van der Waals surface area contributed by atoms with Gasteiger partial charge in [-0.1, -0.05) is 26.8 Å². The van der Waals surface area contributed by atoms with Crippen molar-refractivity contribution >= 4 is 5.91 Å². The van der Waals surface area contributed by atoms with E-state index in [0.717, 1.165) is 12.2 Å². The van der Waals surface area contributed by atoms with E-state index in [1.165, 1.54) is 0 Å². The molecule has 1 amide bonds. The highest BCUT2D eigenvalue weighted by Gasteiger charge is 2.14. The fourth-order valence-electron chi connectivity index (χ4n) is 1.91. The lowest BCUT2D eigenvalue weighted by molar-refractivity contribution is 0.0948. The molecule has 0 aliphatic heterocycles. The number of aromatic nitrogens is 1. The maximum atomic E-state index is 11.4. The van der Waals surface area contributed by atoms with Gasteiger partial charge in [-0.05, 0) is 24.6 Å². The molecule has 5 nitrogen and oxygen atoms in total. The number of carbonyl (C=O) groups is 1. The summed E-state index contributed by atoms with van der Waals surface area (Å²) in [6.07, 6.45) is 0. The van der Waals surface area contributed by atoms with Crippen molar-refractivity contribution in [2.24, 2.45) is 11.3 Å². The highest BCUT2D eigenvalue weighted by atomic mass is 16.2. The van der Waals surface area contributed by atoms with E-state index in [4.69, 9.17) is 5.84 Å². The minimum absolute atomic E-state index is 0.237. The van der Waals surface area contributed by atoms with Crippen LogP contribution in [-0.2, 0) is 6.54 Å². The van der Waals surface area contributed by atoms with Crippen LogP contribution >= 0.6 is 0 Å². The summed E-state index contributed by atoms with van der Waals surface area (Å²) in [4.78, 5) is 17.8. The van der Waals surface area contributed by atoms with Crippen molar-refractivity contribution in [1.82, 2.24) is 15.3 Å². The topological polar surface area (TPSA) is 71.2 Å². The molecule has 1 heterocycles. The van der Waals surface area contributed by atoms with Gasteiger partial charge in [0.15, 0.2) is 0 Å². The molecule has 0 saturated heterocycles. The van der Waals surface area contributed by atoms with Gasteiger partial charge in [0.1, 0.15) is 5.69 Å². The normalized spacial score (nSPS) is 11.7. The van der Waals surface area contributed by atoms with Crippen LogP contribution < -0.4 is 11.3 Å². The summed E-state index contributed by atoms with van der Waals surface area (Å²) >= 11 is 0. The Kier molecular flexibility index (Phi) is 4.81. The predicted octanol–water partition coefficient (Wildman–Crippen LogP) is 1.16. The third-order valence-corrected chi connectivity index (χ3v) is 2.35. The van der Waals surface area contributed by atoms with Crippen molar-refractivity contribution in [2.75, 3.05) is 13.6 Å². The average Bonchev–Trinajstić information content (AvgIpc) is 2.25. The predicted molar refractivity (Wildman–Crippen MR) is 71.7 cm³/mol. The molecule has 3 N–H and O–H groups in total. The third-order valence-electron chi connectivity index (χ3n) is 2.35. The van der Waals surface area contributed by atoms with Crippen LogP contribution in [0.25, 0.3) is 0 Å². The molecule has 18 heavy (non-hydrogen) atoms. The summed E-state index contributed by atoms with van der Waals surface area (Å²) in [6, 6.07) is 5.37. The van der Waals surface area contributed by atoms with Gasteiger partial charge in [0, 0.05) is 13.1 Å². The molecule has 1 aromatic rings. The molecule has 0 bridgehead atoms. The molecular weight excluding hydrogens is 228 g/mol. The highest BCUT2D eigenvalue weighted by molar-refractivity contribution is 5.91. The van der Waals surface area contributed by atoms with E-state index in [1.807, 2.05) is 19.2 Å². The maximum Gasteiger partial charge on any atom is 0.283 e. The van der Waals surface area contributed by atoms with Crippen molar-refractivity contribution in [3.05, 3.63) is 29.6 Å². The van der Waals surface area contributed by atoms with Crippen LogP contribution in [0.4, 0.5) is 0 Å². The van der Waals surface area contributed by atoms with Crippen LogP contribution in [0.2, 0.25) is 0 Å². The Morgan fingerprint density at radius 3 is 2.67 bits per heavy atom. The van der Waals surface area contributed by atoms with Gasteiger partial charge in [-0.2, -0.15) is 0 Å². The molecule has 0 atom stereocenters.